The van der Waals surface area contributed by atoms with Crippen molar-refractivity contribution < 1.29 is 4.74 Å². The first-order valence-electron chi connectivity index (χ1n) is 9.10. The van der Waals surface area contributed by atoms with Crippen LogP contribution in [0.15, 0.2) is 77.6 Å². The number of aromatic amines is 1. The van der Waals surface area contributed by atoms with Gasteiger partial charge in [-0.2, -0.15) is 5.26 Å². The van der Waals surface area contributed by atoms with Crippen LogP contribution in [0.5, 0.6) is 5.75 Å². The van der Waals surface area contributed by atoms with Gasteiger partial charge in [-0.05, 0) is 41.5 Å². The molecule has 0 spiro atoms. The Kier molecular flexibility index (Phi) is 4.65. The van der Waals surface area contributed by atoms with Crippen molar-refractivity contribution >= 4 is 10.8 Å². The molecule has 4 heteroatoms. The Bertz CT molecular complexity index is 1240. The maximum atomic E-state index is 12.6. The average molecular weight is 366 g/mol. The van der Waals surface area contributed by atoms with Crippen molar-refractivity contribution in [3.63, 3.8) is 0 Å². The fraction of sp³-hybridized carbons (Fsp3) is 0.0833. The highest BCUT2D eigenvalue weighted by molar-refractivity contribution is 5.96. The van der Waals surface area contributed by atoms with Gasteiger partial charge in [0.15, 0.2) is 0 Å². The van der Waals surface area contributed by atoms with Crippen LogP contribution in [-0.2, 0) is 0 Å². The van der Waals surface area contributed by atoms with E-state index in [2.05, 4.69) is 4.98 Å². The van der Waals surface area contributed by atoms with E-state index in [0.29, 0.717) is 17.9 Å². The van der Waals surface area contributed by atoms with Crippen LogP contribution in [-0.4, -0.2) is 11.6 Å². The van der Waals surface area contributed by atoms with E-state index in [9.17, 15) is 10.1 Å². The van der Waals surface area contributed by atoms with Crippen molar-refractivity contribution in [3.8, 4) is 34.2 Å². The zero-order valence-electron chi connectivity index (χ0n) is 15.4. The highest BCUT2D eigenvalue weighted by atomic mass is 16.5. The molecule has 0 saturated heterocycles. The number of fused-ring (bicyclic) bond motifs is 1. The molecule has 136 valence electrons. The van der Waals surface area contributed by atoms with E-state index in [1.165, 1.54) is 0 Å². The Morgan fingerprint density at radius 2 is 1.71 bits per heavy atom. The maximum absolute atomic E-state index is 12.6. The normalized spacial score (nSPS) is 10.6. The summed E-state index contributed by atoms with van der Waals surface area (Å²) in [7, 11) is 0. The van der Waals surface area contributed by atoms with Crippen molar-refractivity contribution in [1.82, 2.24) is 4.98 Å². The number of hydrogen-bond acceptors (Lipinski definition) is 3. The summed E-state index contributed by atoms with van der Waals surface area (Å²) in [5.74, 6) is 0.754. The zero-order valence-corrected chi connectivity index (χ0v) is 15.4. The lowest BCUT2D eigenvalue weighted by Crippen LogP contribution is -2.12. The molecule has 0 aliphatic rings. The summed E-state index contributed by atoms with van der Waals surface area (Å²) in [5.41, 5.74) is 2.73. The summed E-state index contributed by atoms with van der Waals surface area (Å²) in [6.07, 6.45) is 0. The van der Waals surface area contributed by atoms with Crippen molar-refractivity contribution in [1.29, 1.82) is 5.26 Å². The lowest BCUT2D eigenvalue weighted by atomic mass is 9.96. The Labute approximate surface area is 162 Å². The van der Waals surface area contributed by atoms with Crippen LogP contribution in [0.4, 0.5) is 0 Å². The highest BCUT2D eigenvalue weighted by Gasteiger charge is 2.14. The molecule has 0 atom stereocenters. The topological polar surface area (TPSA) is 65.9 Å². The Hall–Kier alpha value is -3.84. The molecular formula is C24H18N2O2. The maximum Gasteiger partial charge on any atom is 0.266 e. The quantitative estimate of drug-likeness (QED) is 0.544. The van der Waals surface area contributed by atoms with Gasteiger partial charge in [0.1, 0.15) is 17.4 Å². The summed E-state index contributed by atoms with van der Waals surface area (Å²) in [6, 6.07) is 25.3. The molecule has 1 heterocycles. The highest BCUT2D eigenvalue weighted by Crippen LogP contribution is 2.31. The van der Waals surface area contributed by atoms with Gasteiger partial charge in [-0.1, -0.05) is 54.6 Å². The summed E-state index contributed by atoms with van der Waals surface area (Å²) in [5, 5.41) is 11.7. The van der Waals surface area contributed by atoms with Crippen LogP contribution in [0, 0.1) is 11.3 Å². The van der Waals surface area contributed by atoms with Gasteiger partial charge in [0.05, 0.1) is 6.61 Å². The van der Waals surface area contributed by atoms with Gasteiger partial charge in [-0.15, -0.1) is 0 Å². The zero-order chi connectivity index (χ0) is 19.5. The minimum Gasteiger partial charge on any atom is -0.494 e. The SMILES string of the molecule is CCOc1ccc(-c2cc(-c3cccc4ccccc34)[nH]c(=O)c2C#N)cc1. The van der Waals surface area contributed by atoms with Gasteiger partial charge >= 0.3 is 0 Å². The number of hydrogen-bond donors (Lipinski definition) is 1. The smallest absolute Gasteiger partial charge is 0.266 e. The van der Waals surface area contributed by atoms with E-state index in [4.69, 9.17) is 4.74 Å². The number of ether oxygens (including phenoxy) is 1. The standard InChI is InChI=1S/C24H18N2O2/c1-2-28-18-12-10-17(11-13-18)21-14-23(26-24(27)22(21)15-25)20-9-5-7-16-6-3-4-8-19(16)20/h3-14H,2H2,1H3,(H,26,27). The Morgan fingerprint density at radius 1 is 0.964 bits per heavy atom. The van der Waals surface area contributed by atoms with Crippen molar-refractivity contribution in [3.05, 3.63) is 88.7 Å². The third-order valence-electron chi connectivity index (χ3n) is 4.70. The third kappa shape index (κ3) is 3.15. The number of benzene rings is 3. The van der Waals surface area contributed by atoms with Crippen LogP contribution in [0.2, 0.25) is 0 Å². The molecule has 0 fully saturated rings. The lowest BCUT2D eigenvalue weighted by Gasteiger charge is -2.11. The first kappa shape index (κ1) is 17.6. The molecular weight excluding hydrogens is 348 g/mol. The number of nitrogens with zero attached hydrogens (tertiary/aromatic N) is 1. The van der Waals surface area contributed by atoms with E-state index in [-0.39, 0.29) is 5.56 Å². The Morgan fingerprint density at radius 3 is 2.46 bits per heavy atom. The van der Waals surface area contributed by atoms with Crippen molar-refractivity contribution in [2.75, 3.05) is 6.61 Å². The molecule has 0 aliphatic carbocycles. The average Bonchev–Trinajstić information content (AvgIpc) is 2.73. The minimum atomic E-state index is -0.392. The van der Waals surface area contributed by atoms with Crippen LogP contribution in [0.3, 0.4) is 0 Å². The van der Waals surface area contributed by atoms with Gasteiger partial charge in [-0.3, -0.25) is 4.79 Å². The number of H-pyrrole nitrogens is 1. The minimum absolute atomic E-state index is 0.105. The molecule has 3 aromatic carbocycles. The molecule has 0 amide bonds. The fourth-order valence-electron chi connectivity index (χ4n) is 3.40. The second kappa shape index (κ2) is 7.42. The second-order valence-corrected chi connectivity index (χ2v) is 6.40. The monoisotopic (exact) mass is 366 g/mol. The summed E-state index contributed by atoms with van der Waals surface area (Å²) < 4.78 is 5.49. The molecule has 0 bridgehead atoms. The third-order valence-corrected chi connectivity index (χ3v) is 4.70. The fourth-order valence-corrected chi connectivity index (χ4v) is 3.40. The predicted molar refractivity (Wildman–Crippen MR) is 111 cm³/mol. The molecule has 0 aliphatic heterocycles. The van der Waals surface area contributed by atoms with E-state index in [1.54, 1.807) is 0 Å². The predicted octanol–water partition coefficient (Wildman–Crippen LogP) is 5.13. The van der Waals surface area contributed by atoms with Crippen molar-refractivity contribution in [2.45, 2.75) is 6.92 Å². The van der Waals surface area contributed by atoms with Crippen LogP contribution in [0.1, 0.15) is 12.5 Å². The molecule has 4 aromatic rings. The van der Waals surface area contributed by atoms with E-state index in [1.807, 2.05) is 85.8 Å². The molecule has 0 radical (unpaired) electrons. The van der Waals surface area contributed by atoms with Crippen LogP contribution >= 0.6 is 0 Å². The van der Waals surface area contributed by atoms with Gasteiger partial charge < -0.3 is 9.72 Å². The van der Waals surface area contributed by atoms with Gasteiger partial charge in [0.25, 0.3) is 5.56 Å². The van der Waals surface area contributed by atoms with Crippen LogP contribution < -0.4 is 10.3 Å². The molecule has 1 aromatic heterocycles. The molecule has 4 nitrogen and oxygen atoms in total. The van der Waals surface area contributed by atoms with Gasteiger partial charge in [0.2, 0.25) is 0 Å². The Balaban J connectivity index is 1.92. The largest absolute Gasteiger partial charge is 0.494 e. The first-order chi connectivity index (χ1) is 13.7. The number of nitrogens with one attached hydrogen (secondary N) is 1. The molecule has 0 unspecified atom stereocenters. The second-order valence-electron chi connectivity index (χ2n) is 6.40. The molecule has 28 heavy (non-hydrogen) atoms. The lowest BCUT2D eigenvalue weighted by molar-refractivity contribution is 0.340. The van der Waals surface area contributed by atoms with Gasteiger partial charge in [-0.25, -0.2) is 0 Å². The van der Waals surface area contributed by atoms with E-state index < -0.39 is 5.56 Å². The van der Waals surface area contributed by atoms with E-state index >= 15 is 0 Å². The number of nitriles is 1. The summed E-state index contributed by atoms with van der Waals surface area (Å²) >= 11 is 0. The first-order valence-corrected chi connectivity index (χ1v) is 9.10. The molecule has 1 N–H and O–H groups in total. The van der Waals surface area contributed by atoms with Crippen LogP contribution in [0.25, 0.3) is 33.2 Å². The number of rotatable bonds is 4. The number of aromatic nitrogens is 1. The van der Waals surface area contributed by atoms with Gasteiger partial charge in [0, 0.05) is 16.8 Å². The summed E-state index contributed by atoms with van der Waals surface area (Å²) in [6.45, 7) is 2.51. The summed E-state index contributed by atoms with van der Waals surface area (Å²) in [4.78, 5) is 15.5. The van der Waals surface area contributed by atoms with E-state index in [0.717, 1.165) is 27.6 Å². The molecule has 4 rings (SSSR count). The number of pyridine rings is 1. The van der Waals surface area contributed by atoms with Crippen molar-refractivity contribution in [2.24, 2.45) is 0 Å². The molecule has 0 saturated carbocycles.